The van der Waals surface area contributed by atoms with Crippen molar-refractivity contribution in [2.24, 2.45) is 0 Å². The van der Waals surface area contributed by atoms with Crippen molar-refractivity contribution in [3.05, 3.63) is 59.4 Å². The van der Waals surface area contributed by atoms with E-state index >= 15 is 0 Å². The van der Waals surface area contributed by atoms with E-state index < -0.39 is 16.1 Å². The van der Waals surface area contributed by atoms with Crippen LogP contribution in [0, 0.1) is 12.7 Å². The molecule has 0 bridgehead atoms. The van der Waals surface area contributed by atoms with Crippen LogP contribution in [0.4, 0.5) is 4.39 Å². The van der Waals surface area contributed by atoms with Crippen LogP contribution in [0.3, 0.4) is 0 Å². The summed E-state index contributed by atoms with van der Waals surface area (Å²) in [7, 11) is -3.88. The van der Waals surface area contributed by atoms with Crippen LogP contribution < -0.4 is 4.72 Å². The number of phenolic OH excluding ortho intramolecular Hbond substituents is 1. The standard InChI is InChI=1S/C15H16FNO3S/c1-10-7-8-12(9-13(10)16)11(2)17-21(19,20)15-6-4-3-5-14(15)18/h3-9,11,17-18H,1-2H3. The van der Waals surface area contributed by atoms with Crippen molar-refractivity contribution < 1.29 is 17.9 Å². The number of nitrogens with one attached hydrogen (secondary N) is 1. The van der Waals surface area contributed by atoms with Gasteiger partial charge in [-0.3, -0.25) is 0 Å². The minimum atomic E-state index is -3.88. The summed E-state index contributed by atoms with van der Waals surface area (Å²) in [6.07, 6.45) is 0. The molecule has 2 aromatic carbocycles. The Labute approximate surface area is 123 Å². The summed E-state index contributed by atoms with van der Waals surface area (Å²) in [5, 5.41) is 9.63. The van der Waals surface area contributed by atoms with E-state index in [9.17, 15) is 17.9 Å². The summed E-state index contributed by atoms with van der Waals surface area (Å²) in [6, 6.07) is 9.59. The zero-order chi connectivity index (χ0) is 15.6. The fraction of sp³-hybridized carbons (Fsp3) is 0.200. The van der Waals surface area contributed by atoms with E-state index in [1.54, 1.807) is 26.0 Å². The van der Waals surface area contributed by atoms with Gasteiger partial charge in [0.05, 0.1) is 0 Å². The topological polar surface area (TPSA) is 66.4 Å². The number of phenols is 1. The molecule has 2 rings (SSSR count). The van der Waals surface area contributed by atoms with Gasteiger partial charge in [-0.2, -0.15) is 0 Å². The summed E-state index contributed by atoms with van der Waals surface area (Å²) in [5.41, 5.74) is 1.01. The first-order chi connectivity index (χ1) is 9.81. The minimum absolute atomic E-state index is 0.204. The number of halogens is 1. The Bertz CT molecular complexity index is 759. The van der Waals surface area contributed by atoms with E-state index in [0.29, 0.717) is 11.1 Å². The van der Waals surface area contributed by atoms with Gasteiger partial charge in [-0.25, -0.2) is 17.5 Å². The van der Waals surface area contributed by atoms with Crippen molar-refractivity contribution >= 4 is 10.0 Å². The van der Waals surface area contributed by atoms with Gasteiger partial charge >= 0.3 is 0 Å². The number of aryl methyl sites for hydroxylation is 1. The number of para-hydroxylation sites is 1. The third-order valence-corrected chi connectivity index (χ3v) is 4.77. The number of hydrogen-bond acceptors (Lipinski definition) is 3. The molecule has 1 atom stereocenters. The van der Waals surface area contributed by atoms with Crippen LogP contribution in [0.5, 0.6) is 5.75 Å². The molecular weight excluding hydrogens is 293 g/mol. The van der Waals surface area contributed by atoms with E-state index in [4.69, 9.17) is 0 Å². The first-order valence-electron chi connectivity index (χ1n) is 6.37. The maximum absolute atomic E-state index is 13.5. The van der Waals surface area contributed by atoms with Gasteiger partial charge in [0.15, 0.2) is 0 Å². The van der Waals surface area contributed by atoms with Gasteiger partial charge in [-0.05, 0) is 43.2 Å². The highest BCUT2D eigenvalue weighted by molar-refractivity contribution is 7.89. The number of hydrogen-bond donors (Lipinski definition) is 2. The van der Waals surface area contributed by atoms with Crippen LogP contribution in [0.2, 0.25) is 0 Å². The number of rotatable bonds is 4. The van der Waals surface area contributed by atoms with E-state index in [-0.39, 0.29) is 16.5 Å². The highest BCUT2D eigenvalue weighted by Gasteiger charge is 2.21. The quantitative estimate of drug-likeness (QED) is 0.912. The molecule has 0 radical (unpaired) electrons. The first kappa shape index (κ1) is 15.5. The highest BCUT2D eigenvalue weighted by atomic mass is 32.2. The van der Waals surface area contributed by atoms with Crippen molar-refractivity contribution in [1.29, 1.82) is 0 Å². The van der Waals surface area contributed by atoms with Crippen molar-refractivity contribution in [3.63, 3.8) is 0 Å². The molecule has 112 valence electrons. The Morgan fingerprint density at radius 2 is 1.86 bits per heavy atom. The molecule has 0 aliphatic carbocycles. The minimum Gasteiger partial charge on any atom is -0.507 e. The molecule has 0 spiro atoms. The second kappa shape index (κ2) is 5.83. The lowest BCUT2D eigenvalue weighted by molar-refractivity contribution is 0.457. The predicted octanol–water partition coefficient (Wildman–Crippen LogP) is 2.88. The zero-order valence-corrected chi connectivity index (χ0v) is 12.5. The van der Waals surface area contributed by atoms with E-state index in [1.165, 1.54) is 30.3 Å². The molecule has 0 heterocycles. The van der Waals surface area contributed by atoms with E-state index in [1.807, 2.05) is 0 Å². The molecule has 4 nitrogen and oxygen atoms in total. The lowest BCUT2D eigenvalue weighted by Crippen LogP contribution is -2.27. The van der Waals surface area contributed by atoms with E-state index in [2.05, 4.69) is 4.72 Å². The molecule has 0 aromatic heterocycles. The van der Waals surface area contributed by atoms with Gasteiger partial charge in [0.25, 0.3) is 0 Å². The lowest BCUT2D eigenvalue weighted by Gasteiger charge is -2.15. The fourth-order valence-electron chi connectivity index (χ4n) is 1.93. The van der Waals surface area contributed by atoms with Crippen molar-refractivity contribution in [2.75, 3.05) is 0 Å². The zero-order valence-electron chi connectivity index (χ0n) is 11.7. The van der Waals surface area contributed by atoms with Crippen LogP contribution in [0.1, 0.15) is 24.1 Å². The molecule has 2 N–H and O–H groups in total. The van der Waals surface area contributed by atoms with Crippen LogP contribution in [0.25, 0.3) is 0 Å². The number of sulfonamides is 1. The van der Waals surface area contributed by atoms with Crippen LogP contribution in [-0.4, -0.2) is 13.5 Å². The molecule has 0 saturated carbocycles. The maximum Gasteiger partial charge on any atom is 0.244 e. The predicted molar refractivity (Wildman–Crippen MR) is 78.0 cm³/mol. The average molecular weight is 309 g/mol. The molecule has 6 heteroatoms. The Balaban J connectivity index is 2.28. The second-order valence-electron chi connectivity index (χ2n) is 4.82. The van der Waals surface area contributed by atoms with Gasteiger partial charge in [0.2, 0.25) is 10.0 Å². The maximum atomic E-state index is 13.5. The largest absolute Gasteiger partial charge is 0.507 e. The molecule has 0 aliphatic rings. The molecule has 0 amide bonds. The SMILES string of the molecule is Cc1ccc(C(C)NS(=O)(=O)c2ccccc2O)cc1F. The van der Waals surface area contributed by atoms with Gasteiger partial charge in [0, 0.05) is 6.04 Å². The van der Waals surface area contributed by atoms with Crippen LogP contribution >= 0.6 is 0 Å². The lowest BCUT2D eigenvalue weighted by atomic mass is 10.1. The van der Waals surface area contributed by atoms with Gasteiger partial charge in [0.1, 0.15) is 16.5 Å². The summed E-state index contributed by atoms with van der Waals surface area (Å²) >= 11 is 0. The summed E-state index contributed by atoms with van der Waals surface area (Å²) in [6.45, 7) is 3.25. The Morgan fingerprint density at radius 1 is 1.19 bits per heavy atom. The Morgan fingerprint density at radius 3 is 2.48 bits per heavy atom. The number of benzene rings is 2. The second-order valence-corrected chi connectivity index (χ2v) is 6.50. The summed E-state index contributed by atoms with van der Waals surface area (Å²) in [5.74, 6) is -0.714. The molecule has 21 heavy (non-hydrogen) atoms. The molecule has 2 aromatic rings. The molecule has 1 unspecified atom stereocenters. The van der Waals surface area contributed by atoms with E-state index in [0.717, 1.165) is 0 Å². The smallest absolute Gasteiger partial charge is 0.244 e. The Hall–Kier alpha value is -1.92. The third kappa shape index (κ3) is 3.40. The van der Waals surface area contributed by atoms with Gasteiger partial charge < -0.3 is 5.11 Å². The van der Waals surface area contributed by atoms with Crippen LogP contribution in [-0.2, 0) is 10.0 Å². The highest BCUT2D eigenvalue weighted by Crippen LogP contribution is 2.24. The summed E-state index contributed by atoms with van der Waals surface area (Å²) < 4.78 is 40.4. The Kier molecular flexibility index (Phi) is 4.29. The van der Waals surface area contributed by atoms with Crippen molar-refractivity contribution in [3.8, 4) is 5.75 Å². The molecular formula is C15H16FNO3S. The van der Waals surface area contributed by atoms with Crippen LogP contribution in [0.15, 0.2) is 47.4 Å². The molecule has 0 saturated heterocycles. The van der Waals surface area contributed by atoms with Gasteiger partial charge in [-0.1, -0.05) is 24.3 Å². The normalized spacial score (nSPS) is 13.1. The third-order valence-electron chi connectivity index (χ3n) is 3.18. The summed E-state index contributed by atoms with van der Waals surface area (Å²) in [4.78, 5) is -0.204. The average Bonchev–Trinajstić information content (AvgIpc) is 2.41. The van der Waals surface area contributed by atoms with Crippen molar-refractivity contribution in [2.45, 2.75) is 24.8 Å². The van der Waals surface area contributed by atoms with Crippen molar-refractivity contribution in [1.82, 2.24) is 4.72 Å². The molecule has 0 fully saturated rings. The number of aromatic hydroxyl groups is 1. The monoisotopic (exact) mass is 309 g/mol. The fourth-order valence-corrected chi connectivity index (χ4v) is 3.26. The van der Waals surface area contributed by atoms with Gasteiger partial charge in [-0.15, -0.1) is 0 Å². The molecule has 0 aliphatic heterocycles. The first-order valence-corrected chi connectivity index (χ1v) is 7.86.